The molecule has 0 heterocycles. The molecule has 0 fully saturated rings. The van der Waals surface area contributed by atoms with Gasteiger partial charge in [-0.1, -0.05) is 134 Å². The van der Waals surface area contributed by atoms with E-state index < -0.39 is 13.9 Å². The van der Waals surface area contributed by atoms with Crippen LogP contribution in [0.2, 0.25) is 0 Å². The minimum atomic E-state index is -4.25. The largest absolute Gasteiger partial charge is 0.472 e. The third-order valence-electron chi connectivity index (χ3n) is 8.27. The molecule has 0 aliphatic rings. The van der Waals surface area contributed by atoms with Crippen molar-refractivity contribution in [1.29, 1.82) is 0 Å². The minimum absolute atomic E-state index is 0.0886. The zero-order valence-corrected chi connectivity index (χ0v) is 32.9. The molecular weight excluding hydrogens is 625 g/mol. The molecule has 0 aliphatic carbocycles. The molecule has 0 aromatic carbocycles. The van der Waals surface area contributed by atoms with E-state index in [0.29, 0.717) is 24.1 Å². The molecule has 0 radical (unpaired) electrons. The Kier molecular flexibility index (Phi) is 32.4. The SMILES string of the molecule is CCCCCCC/C=C\C/C=C\CCCCCCCCCCCCOCC(COP(=O)(O)OCC[N+](C)(C)C)OC(=O)CCCCCC. The van der Waals surface area contributed by atoms with Crippen molar-refractivity contribution in [2.75, 3.05) is 54.1 Å². The maximum absolute atomic E-state index is 12.4. The van der Waals surface area contributed by atoms with Crippen LogP contribution in [0.5, 0.6) is 0 Å². The van der Waals surface area contributed by atoms with E-state index >= 15 is 0 Å². The first-order valence-corrected chi connectivity index (χ1v) is 21.1. The number of carbonyl (C=O) groups excluding carboxylic acids is 1. The molecule has 0 amide bonds. The van der Waals surface area contributed by atoms with Crippen LogP contribution in [0.25, 0.3) is 0 Å². The summed E-state index contributed by atoms with van der Waals surface area (Å²) in [5.41, 5.74) is 0. The maximum atomic E-state index is 12.4. The number of carbonyl (C=O) groups is 1. The molecule has 0 saturated carbocycles. The van der Waals surface area contributed by atoms with Gasteiger partial charge in [-0.25, -0.2) is 4.57 Å². The fourth-order valence-corrected chi connectivity index (χ4v) is 5.91. The summed E-state index contributed by atoms with van der Waals surface area (Å²) in [7, 11) is 1.66. The first-order chi connectivity index (χ1) is 23.1. The third kappa shape index (κ3) is 36.3. The summed E-state index contributed by atoms with van der Waals surface area (Å²) in [6.45, 7) is 5.48. The van der Waals surface area contributed by atoms with Crippen molar-refractivity contribution < 1.29 is 37.3 Å². The number of phosphoric acid groups is 1. The topological polar surface area (TPSA) is 91.3 Å². The molecule has 9 heteroatoms. The number of esters is 1. The van der Waals surface area contributed by atoms with Crippen LogP contribution >= 0.6 is 7.82 Å². The average molecular weight is 703 g/mol. The van der Waals surface area contributed by atoms with Gasteiger partial charge in [0, 0.05) is 13.0 Å². The van der Waals surface area contributed by atoms with Crippen LogP contribution in [0.3, 0.4) is 0 Å². The number of quaternary nitrogens is 1. The van der Waals surface area contributed by atoms with Crippen LogP contribution in [-0.2, 0) is 27.9 Å². The Morgan fingerprint density at radius 2 is 1.15 bits per heavy atom. The Labute approximate surface area is 296 Å². The van der Waals surface area contributed by atoms with Gasteiger partial charge < -0.3 is 18.9 Å². The minimum Gasteiger partial charge on any atom is -0.457 e. The van der Waals surface area contributed by atoms with Crippen LogP contribution in [0.15, 0.2) is 24.3 Å². The molecule has 0 spiro atoms. The van der Waals surface area contributed by atoms with Gasteiger partial charge in [0.1, 0.15) is 19.3 Å². The Morgan fingerprint density at radius 3 is 1.69 bits per heavy atom. The highest BCUT2D eigenvalue weighted by molar-refractivity contribution is 7.47. The smallest absolute Gasteiger partial charge is 0.457 e. The van der Waals surface area contributed by atoms with Gasteiger partial charge in [0.05, 0.1) is 34.4 Å². The van der Waals surface area contributed by atoms with Crippen molar-refractivity contribution in [3.05, 3.63) is 24.3 Å². The highest BCUT2D eigenvalue weighted by Crippen LogP contribution is 2.43. The molecule has 0 aliphatic heterocycles. The first-order valence-electron chi connectivity index (χ1n) is 19.6. The predicted molar refractivity (Wildman–Crippen MR) is 201 cm³/mol. The van der Waals surface area contributed by atoms with E-state index in [-0.39, 0.29) is 25.8 Å². The molecule has 2 atom stereocenters. The monoisotopic (exact) mass is 703 g/mol. The summed E-state index contributed by atoms with van der Waals surface area (Å²) in [5.74, 6) is -0.333. The zero-order valence-electron chi connectivity index (χ0n) is 32.0. The standard InChI is InChI=1S/C39H76NO7P/c1-6-8-10-12-13-14-15-16-17-18-19-20-21-22-23-24-25-26-27-28-29-31-34-44-36-38(47-39(41)32-30-11-9-7-2)37-46-48(42,43)45-35-33-40(3,4)5/h15-16,18-19,38H,6-14,17,20-37H2,1-5H3/p+1/b16-15-,19-18-. The fourth-order valence-electron chi connectivity index (χ4n) is 5.17. The van der Waals surface area contributed by atoms with Gasteiger partial charge in [-0.2, -0.15) is 0 Å². The summed E-state index contributed by atoms with van der Waals surface area (Å²) >= 11 is 0. The molecule has 48 heavy (non-hydrogen) atoms. The number of phosphoric ester groups is 1. The van der Waals surface area contributed by atoms with Gasteiger partial charge in [-0.15, -0.1) is 0 Å². The molecule has 0 saturated heterocycles. The lowest BCUT2D eigenvalue weighted by atomic mass is 10.1. The Morgan fingerprint density at radius 1 is 0.646 bits per heavy atom. The van der Waals surface area contributed by atoms with Crippen molar-refractivity contribution in [1.82, 2.24) is 0 Å². The highest BCUT2D eigenvalue weighted by Gasteiger charge is 2.26. The predicted octanol–water partition coefficient (Wildman–Crippen LogP) is 10.9. The van der Waals surface area contributed by atoms with E-state index in [9.17, 15) is 14.3 Å². The summed E-state index contributed by atoms with van der Waals surface area (Å²) in [6, 6.07) is 0. The van der Waals surface area contributed by atoms with E-state index in [1.54, 1.807) is 0 Å². The molecule has 0 bridgehead atoms. The van der Waals surface area contributed by atoms with Gasteiger partial charge in [-0.05, 0) is 44.9 Å². The van der Waals surface area contributed by atoms with Gasteiger partial charge in [0.25, 0.3) is 0 Å². The number of rotatable bonds is 36. The Hall–Kier alpha value is -1.02. The van der Waals surface area contributed by atoms with Crippen LogP contribution < -0.4 is 0 Å². The van der Waals surface area contributed by atoms with Crippen LogP contribution in [0.1, 0.15) is 162 Å². The van der Waals surface area contributed by atoms with E-state index in [0.717, 1.165) is 44.9 Å². The first kappa shape index (κ1) is 47.0. The summed E-state index contributed by atoms with van der Waals surface area (Å²) in [6.07, 6.45) is 35.5. The van der Waals surface area contributed by atoms with Crippen molar-refractivity contribution in [2.45, 2.75) is 168 Å². The molecule has 8 nitrogen and oxygen atoms in total. The number of hydrogen-bond donors (Lipinski definition) is 1. The van der Waals surface area contributed by atoms with Crippen LogP contribution in [-0.4, -0.2) is 75.6 Å². The van der Waals surface area contributed by atoms with Crippen molar-refractivity contribution in [3.63, 3.8) is 0 Å². The number of likely N-dealkylation sites (N-methyl/N-ethyl adjacent to an activating group) is 1. The number of hydrogen-bond acceptors (Lipinski definition) is 6. The second kappa shape index (κ2) is 33.1. The molecule has 0 rings (SSSR count). The van der Waals surface area contributed by atoms with Gasteiger partial charge >= 0.3 is 13.8 Å². The summed E-state index contributed by atoms with van der Waals surface area (Å²) in [4.78, 5) is 22.4. The molecule has 1 N–H and O–H groups in total. The normalized spacial score (nSPS) is 14.2. The maximum Gasteiger partial charge on any atom is 0.472 e. The van der Waals surface area contributed by atoms with E-state index in [2.05, 4.69) is 38.2 Å². The van der Waals surface area contributed by atoms with E-state index in [1.165, 1.54) is 96.3 Å². The Balaban J connectivity index is 3.95. The third-order valence-corrected chi connectivity index (χ3v) is 9.25. The van der Waals surface area contributed by atoms with Crippen LogP contribution in [0.4, 0.5) is 0 Å². The molecule has 2 unspecified atom stereocenters. The lowest BCUT2D eigenvalue weighted by molar-refractivity contribution is -0.870. The van der Waals surface area contributed by atoms with Gasteiger partial charge in [-0.3, -0.25) is 13.8 Å². The second-order valence-electron chi connectivity index (χ2n) is 14.3. The second-order valence-corrected chi connectivity index (χ2v) is 15.8. The van der Waals surface area contributed by atoms with Crippen molar-refractivity contribution >= 4 is 13.8 Å². The Bertz CT molecular complexity index is 828. The van der Waals surface area contributed by atoms with Gasteiger partial charge in [0.2, 0.25) is 0 Å². The van der Waals surface area contributed by atoms with E-state index in [1.807, 2.05) is 21.1 Å². The number of allylic oxidation sites excluding steroid dienone is 4. The average Bonchev–Trinajstić information content (AvgIpc) is 3.03. The van der Waals surface area contributed by atoms with Crippen molar-refractivity contribution in [2.24, 2.45) is 0 Å². The summed E-state index contributed by atoms with van der Waals surface area (Å²) in [5, 5.41) is 0. The lowest BCUT2D eigenvalue weighted by Gasteiger charge is -2.24. The molecule has 0 aromatic heterocycles. The summed E-state index contributed by atoms with van der Waals surface area (Å²) < 4.78 is 34.6. The molecule has 284 valence electrons. The number of unbranched alkanes of at least 4 members (excludes halogenated alkanes) is 18. The number of nitrogens with zero attached hydrogens (tertiary/aromatic N) is 1. The van der Waals surface area contributed by atoms with Gasteiger partial charge in [0.15, 0.2) is 0 Å². The van der Waals surface area contributed by atoms with Crippen molar-refractivity contribution in [3.8, 4) is 0 Å². The fraction of sp³-hybridized carbons (Fsp3) is 0.872. The lowest BCUT2D eigenvalue weighted by Crippen LogP contribution is -2.37. The molecule has 0 aromatic rings. The van der Waals surface area contributed by atoms with Crippen LogP contribution in [0, 0.1) is 0 Å². The van der Waals surface area contributed by atoms with E-state index in [4.69, 9.17) is 18.5 Å². The highest BCUT2D eigenvalue weighted by atomic mass is 31.2. The number of ether oxygens (including phenoxy) is 2. The zero-order chi connectivity index (χ0) is 35.6. The quantitative estimate of drug-likeness (QED) is 0.0228. The molecular formula is C39H77NO7P+.